The first kappa shape index (κ1) is 19.1. The molecule has 0 bridgehead atoms. The third-order valence-corrected chi connectivity index (χ3v) is 5.06. The number of aryl methyl sites for hydroxylation is 1. The number of carbonyl (C=O) groups excluding carboxylic acids is 2. The molecule has 3 rings (SSSR count). The lowest BCUT2D eigenvalue weighted by molar-refractivity contribution is 0.0724. The monoisotopic (exact) mass is 365 g/mol. The Hall–Kier alpha value is -2.69. The maximum atomic E-state index is 12.8. The predicted molar refractivity (Wildman–Crippen MR) is 107 cm³/mol. The highest BCUT2D eigenvalue weighted by Crippen LogP contribution is 2.28. The number of pyridine rings is 1. The van der Waals surface area contributed by atoms with Crippen LogP contribution < -0.4 is 5.32 Å². The van der Waals surface area contributed by atoms with Crippen LogP contribution in [0.4, 0.5) is 5.69 Å². The normalized spacial score (nSPS) is 14.3. The number of hydrogen-bond donors (Lipinski definition) is 1. The molecule has 142 valence electrons. The van der Waals surface area contributed by atoms with Crippen molar-refractivity contribution in [3.05, 3.63) is 58.9 Å². The number of nitrogens with zero attached hydrogens (tertiary/aromatic N) is 2. The van der Waals surface area contributed by atoms with Crippen LogP contribution in [0.5, 0.6) is 0 Å². The van der Waals surface area contributed by atoms with E-state index in [0.717, 1.165) is 42.7 Å². The van der Waals surface area contributed by atoms with E-state index in [9.17, 15) is 9.59 Å². The fraction of sp³-hybridized carbons (Fsp3) is 0.409. The van der Waals surface area contributed by atoms with Crippen LogP contribution in [0.3, 0.4) is 0 Å². The van der Waals surface area contributed by atoms with Crippen LogP contribution >= 0.6 is 0 Å². The van der Waals surface area contributed by atoms with E-state index in [-0.39, 0.29) is 11.8 Å². The number of para-hydroxylation sites is 1. The summed E-state index contributed by atoms with van der Waals surface area (Å²) in [6.07, 6.45) is 6.28. The van der Waals surface area contributed by atoms with E-state index in [1.165, 1.54) is 12.6 Å². The average molecular weight is 365 g/mol. The summed E-state index contributed by atoms with van der Waals surface area (Å²) in [7, 11) is 0. The van der Waals surface area contributed by atoms with Crippen LogP contribution in [0.15, 0.2) is 36.7 Å². The minimum atomic E-state index is -0.244. The van der Waals surface area contributed by atoms with E-state index in [1.807, 2.05) is 30.0 Å². The fourth-order valence-electron chi connectivity index (χ4n) is 3.49. The number of likely N-dealkylation sites (tertiary alicyclic amines) is 1. The molecule has 0 spiro atoms. The third-order valence-electron chi connectivity index (χ3n) is 5.06. The Morgan fingerprint density at radius 3 is 2.48 bits per heavy atom. The lowest BCUT2D eigenvalue weighted by Gasteiger charge is -2.26. The maximum absolute atomic E-state index is 12.8. The molecule has 2 heterocycles. The van der Waals surface area contributed by atoms with Crippen LogP contribution in [0.25, 0.3) is 0 Å². The van der Waals surface area contributed by atoms with Gasteiger partial charge in [-0.25, -0.2) is 0 Å². The van der Waals surface area contributed by atoms with Gasteiger partial charge in [0.15, 0.2) is 0 Å². The smallest absolute Gasteiger partial charge is 0.257 e. The molecule has 2 aromatic rings. The van der Waals surface area contributed by atoms with Gasteiger partial charge < -0.3 is 10.2 Å². The quantitative estimate of drug-likeness (QED) is 0.874. The minimum absolute atomic E-state index is 0.0457. The van der Waals surface area contributed by atoms with Gasteiger partial charge in [0.2, 0.25) is 0 Å². The van der Waals surface area contributed by atoms with Gasteiger partial charge in [0.05, 0.1) is 11.1 Å². The molecule has 1 aliphatic heterocycles. The zero-order chi connectivity index (χ0) is 19.4. The number of benzene rings is 1. The highest BCUT2D eigenvalue weighted by Gasteiger charge is 2.20. The van der Waals surface area contributed by atoms with Crippen LogP contribution in [0.2, 0.25) is 0 Å². The summed E-state index contributed by atoms with van der Waals surface area (Å²) in [5.74, 6) is 0.00736. The van der Waals surface area contributed by atoms with Gasteiger partial charge in [-0.2, -0.15) is 0 Å². The van der Waals surface area contributed by atoms with Crippen molar-refractivity contribution < 1.29 is 9.59 Å². The van der Waals surface area contributed by atoms with Gasteiger partial charge in [-0.3, -0.25) is 14.6 Å². The number of anilines is 1. The van der Waals surface area contributed by atoms with Crippen LogP contribution in [0, 0.1) is 6.92 Å². The van der Waals surface area contributed by atoms with E-state index >= 15 is 0 Å². The Morgan fingerprint density at radius 2 is 1.78 bits per heavy atom. The van der Waals surface area contributed by atoms with Crippen molar-refractivity contribution in [2.24, 2.45) is 0 Å². The Bertz CT molecular complexity index is 839. The van der Waals surface area contributed by atoms with Gasteiger partial charge in [0, 0.05) is 31.2 Å². The van der Waals surface area contributed by atoms with Crippen molar-refractivity contribution in [3.8, 4) is 0 Å². The molecule has 0 aliphatic carbocycles. The van der Waals surface area contributed by atoms with Gasteiger partial charge in [-0.05, 0) is 49.3 Å². The second-order valence-corrected chi connectivity index (χ2v) is 7.46. The molecule has 1 aliphatic rings. The van der Waals surface area contributed by atoms with E-state index in [0.29, 0.717) is 17.0 Å². The van der Waals surface area contributed by atoms with Crippen molar-refractivity contribution >= 4 is 17.5 Å². The Balaban J connectivity index is 1.81. The first-order chi connectivity index (χ1) is 13.0. The van der Waals surface area contributed by atoms with Gasteiger partial charge in [-0.1, -0.05) is 32.0 Å². The second kappa shape index (κ2) is 8.33. The fourth-order valence-corrected chi connectivity index (χ4v) is 3.49. The molecular weight excluding hydrogens is 338 g/mol. The summed E-state index contributed by atoms with van der Waals surface area (Å²) in [5, 5.41) is 3.02. The van der Waals surface area contributed by atoms with Crippen molar-refractivity contribution in [2.75, 3.05) is 18.4 Å². The molecule has 5 nitrogen and oxygen atoms in total. The molecule has 0 radical (unpaired) electrons. The van der Waals surface area contributed by atoms with Gasteiger partial charge in [0.25, 0.3) is 11.8 Å². The summed E-state index contributed by atoms with van der Waals surface area (Å²) >= 11 is 0. The average Bonchev–Trinajstić information content (AvgIpc) is 2.69. The molecule has 1 aromatic carbocycles. The Kier molecular flexibility index (Phi) is 5.89. The molecular formula is C22H27N3O2. The van der Waals surface area contributed by atoms with Gasteiger partial charge in [0.1, 0.15) is 0 Å². The van der Waals surface area contributed by atoms with Crippen molar-refractivity contribution in [3.63, 3.8) is 0 Å². The van der Waals surface area contributed by atoms with E-state index in [2.05, 4.69) is 24.1 Å². The molecule has 1 N–H and O–H groups in total. The lowest BCUT2D eigenvalue weighted by Crippen LogP contribution is -2.35. The van der Waals surface area contributed by atoms with Crippen molar-refractivity contribution in [1.82, 2.24) is 9.88 Å². The number of carbonyl (C=O) groups is 2. The molecule has 2 amide bonds. The number of nitrogens with one attached hydrogen (secondary N) is 1. The van der Waals surface area contributed by atoms with Crippen LogP contribution in [0.1, 0.15) is 70.9 Å². The topological polar surface area (TPSA) is 62.3 Å². The summed E-state index contributed by atoms with van der Waals surface area (Å²) < 4.78 is 0. The molecule has 1 aromatic heterocycles. The van der Waals surface area contributed by atoms with Crippen LogP contribution in [-0.2, 0) is 0 Å². The molecule has 0 saturated carbocycles. The van der Waals surface area contributed by atoms with Crippen LogP contribution in [-0.4, -0.2) is 34.8 Å². The SMILES string of the molecule is Cc1cccc(C(C)C)c1NC(=O)c1cncc(C(=O)N2CCCCC2)c1. The number of piperidine rings is 1. The number of amides is 2. The zero-order valence-corrected chi connectivity index (χ0v) is 16.3. The molecule has 0 unspecified atom stereocenters. The van der Waals surface area contributed by atoms with E-state index in [1.54, 1.807) is 12.3 Å². The lowest BCUT2D eigenvalue weighted by atomic mass is 9.98. The first-order valence-corrected chi connectivity index (χ1v) is 9.62. The molecule has 5 heteroatoms. The maximum Gasteiger partial charge on any atom is 0.257 e. The van der Waals surface area contributed by atoms with Gasteiger partial charge >= 0.3 is 0 Å². The first-order valence-electron chi connectivity index (χ1n) is 9.62. The Morgan fingerprint density at radius 1 is 1.07 bits per heavy atom. The van der Waals surface area contributed by atoms with Crippen molar-refractivity contribution in [1.29, 1.82) is 0 Å². The standard InChI is InChI=1S/C22H27N3O2/c1-15(2)19-9-7-8-16(3)20(19)24-21(26)17-12-18(14-23-13-17)22(27)25-10-5-4-6-11-25/h7-9,12-15H,4-6,10-11H2,1-3H3,(H,24,26). The largest absolute Gasteiger partial charge is 0.339 e. The number of rotatable bonds is 4. The summed E-state index contributed by atoms with van der Waals surface area (Å²) in [6.45, 7) is 7.73. The Labute approximate surface area is 160 Å². The van der Waals surface area contributed by atoms with Crippen molar-refractivity contribution in [2.45, 2.75) is 46.0 Å². The van der Waals surface area contributed by atoms with E-state index in [4.69, 9.17) is 0 Å². The van der Waals surface area contributed by atoms with Gasteiger partial charge in [-0.15, -0.1) is 0 Å². The highest BCUT2D eigenvalue weighted by molar-refractivity contribution is 6.06. The summed E-state index contributed by atoms with van der Waals surface area (Å²) in [6, 6.07) is 7.66. The molecule has 27 heavy (non-hydrogen) atoms. The molecule has 1 fully saturated rings. The highest BCUT2D eigenvalue weighted by atomic mass is 16.2. The molecule has 1 saturated heterocycles. The summed E-state index contributed by atoms with van der Waals surface area (Å²) in [4.78, 5) is 31.5. The minimum Gasteiger partial charge on any atom is -0.339 e. The second-order valence-electron chi connectivity index (χ2n) is 7.46. The number of aromatic nitrogens is 1. The zero-order valence-electron chi connectivity index (χ0n) is 16.3. The van der Waals surface area contributed by atoms with E-state index < -0.39 is 0 Å². The third kappa shape index (κ3) is 4.35. The number of hydrogen-bond acceptors (Lipinski definition) is 3. The molecule has 0 atom stereocenters. The predicted octanol–water partition coefficient (Wildman–Crippen LogP) is 4.39. The summed E-state index contributed by atoms with van der Waals surface area (Å²) in [5.41, 5.74) is 3.82.